The third-order valence-corrected chi connectivity index (χ3v) is 11.9. The fourth-order valence-corrected chi connectivity index (χ4v) is 8.67. The molecule has 70 heavy (non-hydrogen) atoms. The van der Waals surface area contributed by atoms with Gasteiger partial charge in [0.25, 0.3) is 0 Å². The lowest BCUT2D eigenvalue weighted by molar-refractivity contribution is -0.497. The number of hydrogen-bond donors (Lipinski definition) is 4. The average molecular weight is 962 g/mol. The summed E-state index contributed by atoms with van der Waals surface area (Å²) in [6.45, 7) is 1.70. The smallest absolute Gasteiger partial charge is 0.310 e. The van der Waals surface area contributed by atoms with Crippen molar-refractivity contribution in [1.82, 2.24) is 15.7 Å². The zero-order valence-electron chi connectivity index (χ0n) is 39.1. The van der Waals surface area contributed by atoms with Gasteiger partial charge in [0.1, 0.15) is 17.2 Å². The van der Waals surface area contributed by atoms with Gasteiger partial charge in [-0.05, 0) is 69.1 Å². The summed E-state index contributed by atoms with van der Waals surface area (Å²) in [7, 11) is 3.27. The van der Waals surface area contributed by atoms with Crippen LogP contribution in [0, 0.1) is 5.92 Å². The average Bonchev–Trinajstić information content (AvgIpc) is 3.37. The Bertz CT molecular complexity index is 2610. The van der Waals surface area contributed by atoms with Gasteiger partial charge in [0, 0.05) is 42.3 Å². The van der Waals surface area contributed by atoms with Gasteiger partial charge >= 0.3 is 5.97 Å². The van der Waals surface area contributed by atoms with Gasteiger partial charge in [-0.15, -0.1) is 0 Å². The zero-order chi connectivity index (χ0) is 49.2. The first-order chi connectivity index (χ1) is 34.0. The second-order valence-corrected chi connectivity index (χ2v) is 16.8. The van der Waals surface area contributed by atoms with Crippen LogP contribution in [-0.4, -0.2) is 102 Å². The summed E-state index contributed by atoms with van der Waals surface area (Å²) in [5.41, 5.74) is 5.31. The lowest BCUT2D eigenvalue weighted by atomic mass is 9.78. The van der Waals surface area contributed by atoms with E-state index < -0.39 is 18.0 Å². The zero-order valence-corrected chi connectivity index (χ0v) is 39.1. The van der Waals surface area contributed by atoms with E-state index in [1.165, 1.54) is 0 Å². The number of nitrogens with zero attached hydrogens (tertiary/aromatic N) is 3. The lowest BCUT2D eigenvalue weighted by Crippen LogP contribution is -2.53. The van der Waals surface area contributed by atoms with E-state index in [4.69, 9.17) is 58.9 Å². The van der Waals surface area contributed by atoms with Crippen molar-refractivity contribution < 1.29 is 68.5 Å². The minimum absolute atomic E-state index is 0.0312. The molecule has 0 saturated carbocycles. The van der Waals surface area contributed by atoms with Crippen molar-refractivity contribution in [3.05, 3.63) is 172 Å². The Morgan fingerprint density at radius 3 is 1.99 bits per heavy atom. The van der Waals surface area contributed by atoms with Crippen molar-refractivity contribution in [1.29, 1.82) is 0 Å². The predicted octanol–water partition coefficient (Wildman–Crippen LogP) is 8.02. The Morgan fingerprint density at radius 2 is 1.29 bits per heavy atom. The summed E-state index contributed by atoms with van der Waals surface area (Å²) in [5, 5.41) is 37.4. The van der Waals surface area contributed by atoms with Crippen molar-refractivity contribution >= 4 is 22.6 Å². The number of amides is 1. The summed E-state index contributed by atoms with van der Waals surface area (Å²) >= 11 is 0. The highest BCUT2D eigenvalue weighted by molar-refractivity contribution is 5.89. The maximum absolute atomic E-state index is 14.4. The standard InChI is InChI=1S/C53H59N3O14/c1-63-48-17-6-4-15-44(48)35-65-22-9-23-66-46-20-18-42(19-21-46)53-45(36-68-52(58)29-38-11-8-13-40(25-38)34-70-56(61)62)30-54(51(57)28-37-10-7-12-39(24-37)33-69-55(59)60)31-50(53)67-32-41-26-43-14-3-5-16-47(43)49(27-41)64-2/h3-8,10-21,24-27,45,50,53,59-62H,9,22-23,28-36H2,1-2H3. The van der Waals surface area contributed by atoms with E-state index >= 15 is 0 Å². The van der Waals surface area contributed by atoms with Crippen LogP contribution in [0.25, 0.3) is 10.8 Å². The molecule has 3 unspecified atom stereocenters. The molecule has 370 valence electrons. The van der Waals surface area contributed by atoms with E-state index in [9.17, 15) is 9.59 Å². The quantitative estimate of drug-likeness (QED) is 0.0244. The highest BCUT2D eigenvalue weighted by atomic mass is 17.1. The number of benzene rings is 6. The molecule has 1 amide bonds. The van der Waals surface area contributed by atoms with Crippen molar-refractivity contribution in [3.63, 3.8) is 0 Å². The van der Waals surface area contributed by atoms with Gasteiger partial charge in [-0.1, -0.05) is 103 Å². The molecule has 1 saturated heterocycles. The van der Waals surface area contributed by atoms with E-state index in [2.05, 4.69) is 6.07 Å². The van der Waals surface area contributed by atoms with E-state index in [1.54, 1.807) is 61.6 Å². The Balaban J connectivity index is 1.12. The number of rotatable bonds is 25. The molecule has 0 spiro atoms. The maximum atomic E-state index is 14.4. The largest absolute Gasteiger partial charge is 0.496 e. The van der Waals surface area contributed by atoms with Crippen LogP contribution in [0.15, 0.2) is 133 Å². The molecule has 0 bridgehead atoms. The van der Waals surface area contributed by atoms with Crippen LogP contribution in [0.1, 0.15) is 51.3 Å². The Labute approximate surface area is 406 Å². The molecule has 0 radical (unpaired) electrons. The maximum Gasteiger partial charge on any atom is 0.310 e. The lowest BCUT2D eigenvalue weighted by Gasteiger charge is -2.44. The van der Waals surface area contributed by atoms with Gasteiger partial charge in [0.05, 0.1) is 90.2 Å². The van der Waals surface area contributed by atoms with E-state index in [0.29, 0.717) is 60.0 Å². The van der Waals surface area contributed by atoms with Gasteiger partial charge in [-0.3, -0.25) is 30.4 Å². The fraction of sp³-hybridized carbons (Fsp3) is 0.321. The van der Waals surface area contributed by atoms with Crippen LogP contribution < -0.4 is 14.2 Å². The topological polar surface area (TPSA) is 199 Å². The number of esters is 1. The van der Waals surface area contributed by atoms with Gasteiger partial charge in [-0.25, -0.2) is 9.68 Å². The number of hydrogen-bond acceptors (Lipinski definition) is 16. The molecule has 1 aliphatic heterocycles. The SMILES string of the molecule is COc1ccccc1COCCCOc1ccc(C2C(COC(=O)Cc3cccc(CON(O)O)c3)CN(C(=O)Cc3cccc(CON(O)O)c3)CC2OCc2cc(OC)c3ccccc3c2)cc1. The summed E-state index contributed by atoms with van der Waals surface area (Å²) in [6.07, 6.45) is 0.0569. The van der Waals surface area contributed by atoms with Crippen LogP contribution in [0.5, 0.6) is 17.2 Å². The second-order valence-electron chi connectivity index (χ2n) is 16.8. The summed E-state index contributed by atoms with van der Waals surface area (Å²) < 4.78 is 36.2. The third-order valence-electron chi connectivity index (χ3n) is 11.9. The van der Waals surface area contributed by atoms with Crippen molar-refractivity contribution in [2.75, 3.05) is 47.1 Å². The molecule has 1 heterocycles. The molecule has 3 atom stereocenters. The van der Waals surface area contributed by atoms with Crippen LogP contribution in [0.4, 0.5) is 0 Å². The van der Waals surface area contributed by atoms with Gasteiger partial charge in [-0.2, -0.15) is 0 Å². The number of likely N-dealkylation sites (tertiary alicyclic amines) is 1. The molecule has 4 N–H and O–H groups in total. The number of carbonyl (C=O) groups excluding carboxylic acids is 2. The number of methoxy groups -OCH3 is 2. The second kappa shape index (κ2) is 25.9. The molecule has 7 rings (SSSR count). The molecule has 6 aromatic rings. The van der Waals surface area contributed by atoms with Crippen LogP contribution in [-0.2, 0) is 72.7 Å². The van der Waals surface area contributed by atoms with Crippen molar-refractivity contribution in [2.45, 2.75) is 57.7 Å². The van der Waals surface area contributed by atoms with Gasteiger partial charge < -0.3 is 33.3 Å². The third kappa shape index (κ3) is 15.0. The number of para-hydroxylation sites is 1. The van der Waals surface area contributed by atoms with Gasteiger partial charge in [0.15, 0.2) is 0 Å². The Morgan fingerprint density at radius 1 is 0.629 bits per heavy atom. The van der Waals surface area contributed by atoms with Crippen LogP contribution in [0.3, 0.4) is 0 Å². The first kappa shape index (κ1) is 51.4. The minimum atomic E-state index is -0.569. The first-order valence-corrected chi connectivity index (χ1v) is 22.9. The van der Waals surface area contributed by atoms with E-state index in [-0.39, 0.29) is 75.0 Å². The summed E-state index contributed by atoms with van der Waals surface area (Å²) in [4.78, 5) is 39.2. The first-order valence-electron chi connectivity index (χ1n) is 22.9. The molecule has 6 aromatic carbocycles. The summed E-state index contributed by atoms with van der Waals surface area (Å²) in [6, 6.07) is 41.5. The van der Waals surface area contributed by atoms with Crippen molar-refractivity contribution in [2.24, 2.45) is 5.92 Å². The predicted molar refractivity (Wildman–Crippen MR) is 253 cm³/mol. The molecule has 0 aromatic heterocycles. The molecule has 1 aliphatic rings. The monoisotopic (exact) mass is 961 g/mol. The van der Waals surface area contributed by atoms with E-state index in [0.717, 1.165) is 33.2 Å². The van der Waals surface area contributed by atoms with Crippen LogP contribution in [0.2, 0.25) is 0 Å². The van der Waals surface area contributed by atoms with E-state index in [1.807, 2.05) is 84.9 Å². The number of piperidine rings is 1. The molecular weight excluding hydrogens is 903 g/mol. The normalized spacial score (nSPS) is 15.9. The molecule has 17 heteroatoms. The molecule has 0 aliphatic carbocycles. The number of ether oxygens (including phenoxy) is 6. The highest BCUT2D eigenvalue weighted by Gasteiger charge is 2.41. The molecular formula is C53H59N3O14. The fourth-order valence-electron chi connectivity index (χ4n) is 8.67. The highest BCUT2D eigenvalue weighted by Crippen LogP contribution is 2.38. The minimum Gasteiger partial charge on any atom is -0.496 e. The molecule has 17 nitrogen and oxygen atoms in total. The summed E-state index contributed by atoms with van der Waals surface area (Å²) in [5.74, 6) is 0.700. The van der Waals surface area contributed by atoms with Crippen LogP contribution >= 0.6 is 0 Å². The molecule has 1 fully saturated rings. The Hall–Kier alpha value is -6.48. The number of fused-ring (bicyclic) bond motifs is 1. The Kier molecular flexibility index (Phi) is 19.0. The van der Waals surface area contributed by atoms with Gasteiger partial charge in [0.2, 0.25) is 5.91 Å². The van der Waals surface area contributed by atoms with Crippen molar-refractivity contribution in [3.8, 4) is 17.2 Å². The number of carbonyl (C=O) groups is 2.